The quantitative estimate of drug-likeness (QED) is 0.631. The van der Waals surface area contributed by atoms with Crippen molar-refractivity contribution in [3.8, 4) is 0 Å². The van der Waals surface area contributed by atoms with Gasteiger partial charge in [-0.1, -0.05) is 11.6 Å². The first kappa shape index (κ1) is 12.0. The summed E-state index contributed by atoms with van der Waals surface area (Å²) in [6.45, 7) is 0.461. The van der Waals surface area contributed by atoms with Crippen molar-refractivity contribution in [1.29, 1.82) is 0 Å². The zero-order valence-electron chi connectivity index (χ0n) is 9.42. The minimum absolute atomic E-state index is 0.347. The summed E-state index contributed by atoms with van der Waals surface area (Å²) in [4.78, 5) is 7.98. The third-order valence-corrected chi connectivity index (χ3v) is 2.39. The molecule has 0 saturated heterocycles. The highest BCUT2D eigenvalue weighted by atomic mass is 35.5. The Morgan fingerprint density at radius 2 is 2.24 bits per heavy atom. The van der Waals surface area contributed by atoms with Gasteiger partial charge in [-0.25, -0.2) is 0 Å². The first-order valence-electron chi connectivity index (χ1n) is 4.90. The molecule has 0 unspecified atom stereocenters. The van der Waals surface area contributed by atoms with Crippen LogP contribution in [0.25, 0.3) is 5.78 Å². The molecule has 0 bridgehead atoms. The van der Waals surface area contributed by atoms with Crippen LogP contribution in [0.15, 0.2) is 12.4 Å². The average Bonchev–Trinajstić information content (AvgIpc) is 2.78. The number of aromatic nitrogens is 4. The number of anilines is 1. The molecule has 2 aromatic heterocycles. The smallest absolute Gasteiger partial charge is 0.255 e. The second-order valence-electron chi connectivity index (χ2n) is 3.22. The first-order valence-corrected chi connectivity index (χ1v) is 5.28. The Bertz CT molecular complexity index is 499. The van der Waals surface area contributed by atoms with Gasteiger partial charge in [-0.2, -0.15) is 19.6 Å². The van der Waals surface area contributed by atoms with E-state index in [9.17, 15) is 0 Å². The molecular formula is C9H12ClN5O2. The molecule has 7 nitrogen and oxygen atoms in total. The molecule has 0 aromatic carbocycles. The highest BCUT2D eigenvalue weighted by Gasteiger charge is 2.09. The van der Waals surface area contributed by atoms with Gasteiger partial charge < -0.3 is 14.8 Å². The molecule has 2 aromatic rings. The van der Waals surface area contributed by atoms with E-state index in [4.69, 9.17) is 21.1 Å². The van der Waals surface area contributed by atoms with Gasteiger partial charge in [0.15, 0.2) is 6.29 Å². The van der Waals surface area contributed by atoms with Crippen LogP contribution in [0.4, 0.5) is 5.82 Å². The van der Waals surface area contributed by atoms with Gasteiger partial charge in [0, 0.05) is 20.3 Å². The molecule has 0 aliphatic rings. The maximum atomic E-state index is 5.87. The van der Waals surface area contributed by atoms with Crippen molar-refractivity contribution >= 4 is 23.2 Å². The van der Waals surface area contributed by atoms with Crippen LogP contribution >= 0.6 is 11.6 Å². The highest BCUT2D eigenvalue weighted by Crippen LogP contribution is 2.14. The van der Waals surface area contributed by atoms with E-state index in [1.807, 2.05) is 0 Å². The van der Waals surface area contributed by atoms with Gasteiger partial charge in [-0.15, -0.1) is 0 Å². The molecule has 8 heteroatoms. The summed E-state index contributed by atoms with van der Waals surface area (Å²) in [6.07, 6.45) is 1.06. The maximum absolute atomic E-state index is 5.87. The lowest BCUT2D eigenvalue weighted by atomic mass is 10.5. The van der Waals surface area contributed by atoms with Crippen LogP contribution in [-0.2, 0) is 9.47 Å². The number of ether oxygens (including phenoxy) is 2. The SMILES string of the molecule is COC(CNc1cc(Cl)nc2ncnn12)OC. The number of hydrogen-bond acceptors (Lipinski definition) is 6. The Morgan fingerprint density at radius 1 is 1.47 bits per heavy atom. The van der Waals surface area contributed by atoms with Crippen LogP contribution in [0, 0.1) is 0 Å². The number of methoxy groups -OCH3 is 2. The third kappa shape index (κ3) is 2.63. The van der Waals surface area contributed by atoms with Gasteiger partial charge in [0.1, 0.15) is 17.3 Å². The molecule has 1 N–H and O–H groups in total. The van der Waals surface area contributed by atoms with E-state index in [0.29, 0.717) is 23.3 Å². The van der Waals surface area contributed by atoms with Crippen molar-refractivity contribution in [3.63, 3.8) is 0 Å². The molecule has 0 radical (unpaired) electrons. The Hall–Kier alpha value is -1.44. The van der Waals surface area contributed by atoms with Crippen molar-refractivity contribution in [3.05, 3.63) is 17.5 Å². The van der Waals surface area contributed by atoms with Crippen LogP contribution in [0.3, 0.4) is 0 Å². The fraction of sp³-hybridized carbons (Fsp3) is 0.444. The second kappa shape index (κ2) is 5.26. The van der Waals surface area contributed by atoms with E-state index in [1.165, 1.54) is 6.33 Å². The number of halogens is 1. The van der Waals surface area contributed by atoms with Gasteiger partial charge >= 0.3 is 0 Å². The van der Waals surface area contributed by atoms with Gasteiger partial charge in [0.2, 0.25) is 0 Å². The largest absolute Gasteiger partial charge is 0.365 e. The third-order valence-electron chi connectivity index (χ3n) is 2.20. The molecule has 92 valence electrons. The van der Waals surface area contributed by atoms with Gasteiger partial charge in [-0.3, -0.25) is 0 Å². The Labute approximate surface area is 103 Å². The van der Waals surface area contributed by atoms with E-state index in [2.05, 4.69) is 20.4 Å². The lowest BCUT2D eigenvalue weighted by Gasteiger charge is -2.15. The van der Waals surface area contributed by atoms with Gasteiger partial charge in [0.05, 0.1) is 6.54 Å². The summed E-state index contributed by atoms with van der Waals surface area (Å²) < 4.78 is 11.7. The minimum Gasteiger partial charge on any atom is -0.365 e. The predicted octanol–water partition coefficient (Wildman–Crippen LogP) is 0.808. The molecule has 0 aliphatic heterocycles. The molecule has 17 heavy (non-hydrogen) atoms. The van der Waals surface area contributed by atoms with E-state index < -0.39 is 0 Å². The maximum Gasteiger partial charge on any atom is 0.255 e. The predicted molar refractivity (Wildman–Crippen MR) is 62.1 cm³/mol. The van der Waals surface area contributed by atoms with E-state index in [1.54, 1.807) is 24.8 Å². The minimum atomic E-state index is -0.347. The molecule has 0 amide bonds. The van der Waals surface area contributed by atoms with Crippen LogP contribution in [0.2, 0.25) is 5.15 Å². The Kier molecular flexibility index (Phi) is 3.72. The topological polar surface area (TPSA) is 73.6 Å². The summed E-state index contributed by atoms with van der Waals surface area (Å²) in [5.41, 5.74) is 0. The standard InChI is InChI=1S/C9H12ClN5O2/c1-16-8(17-2)4-11-7-3-6(10)14-9-12-5-13-15(7)9/h3,5,8,11H,4H2,1-2H3. The van der Waals surface area contributed by atoms with E-state index in [-0.39, 0.29) is 6.29 Å². The average molecular weight is 258 g/mol. The fourth-order valence-electron chi connectivity index (χ4n) is 1.36. The van der Waals surface area contributed by atoms with Crippen molar-refractivity contribution in [1.82, 2.24) is 19.6 Å². The van der Waals surface area contributed by atoms with Crippen molar-refractivity contribution in [2.75, 3.05) is 26.1 Å². The number of nitrogens with zero attached hydrogens (tertiary/aromatic N) is 4. The van der Waals surface area contributed by atoms with Crippen molar-refractivity contribution in [2.24, 2.45) is 0 Å². The summed E-state index contributed by atoms with van der Waals surface area (Å²) in [6, 6.07) is 1.66. The van der Waals surface area contributed by atoms with Crippen LogP contribution in [0.1, 0.15) is 0 Å². The molecule has 0 fully saturated rings. The lowest BCUT2D eigenvalue weighted by molar-refractivity contribution is -0.0914. The van der Waals surface area contributed by atoms with Crippen LogP contribution < -0.4 is 5.32 Å². The van der Waals surface area contributed by atoms with Crippen molar-refractivity contribution in [2.45, 2.75) is 6.29 Å². The molecule has 2 rings (SSSR count). The monoisotopic (exact) mass is 257 g/mol. The summed E-state index contributed by atoms with van der Waals surface area (Å²) in [5, 5.41) is 7.48. The first-order chi connectivity index (χ1) is 8.24. The highest BCUT2D eigenvalue weighted by molar-refractivity contribution is 6.29. The van der Waals surface area contributed by atoms with Gasteiger partial charge in [-0.05, 0) is 0 Å². The second-order valence-corrected chi connectivity index (χ2v) is 3.61. The Balaban J connectivity index is 2.20. The molecule has 0 atom stereocenters. The number of fused-ring (bicyclic) bond motifs is 1. The summed E-state index contributed by atoms with van der Waals surface area (Å²) >= 11 is 5.87. The Morgan fingerprint density at radius 3 is 2.94 bits per heavy atom. The lowest BCUT2D eigenvalue weighted by Crippen LogP contribution is -2.24. The molecule has 2 heterocycles. The molecule has 0 saturated carbocycles. The molecule has 0 spiro atoms. The molecular weight excluding hydrogens is 246 g/mol. The number of rotatable bonds is 5. The zero-order valence-corrected chi connectivity index (χ0v) is 10.2. The normalized spacial score (nSPS) is 11.3. The summed E-state index contributed by atoms with van der Waals surface area (Å²) in [5.74, 6) is 1.11. The van der Waals surface area contributed by atoms with Crippen LogP contribution in [0.5, 0.6) is 0 Å². The van der Waals surface area contributed by atoms with Gasteiger partial charge in [0.25, 0.3) is 5.78 Å². The fourth-order valence-corrected chi connectivity index (χ4v) is 1.54. The summed E-state index contributed by atoms with van der Waals surface area (Å²) in [7, 11) is 3.14. The van der Waals surface area contributed by atoms with Crippen molar-refractivity contribution < 1.29 is 9.47 Å². The van der Waals surface area contributed by atoms with E-state index in [0.717, 1.165) is 0 Å². The van der Waals surface area contributed by atoms with Crippen LogP contribution in [-0.4, -0.2) is 46.6 Å². The van der Waals surface area contributed by atoms with E-state index >= 15 is 0 Å². The number of nitrogens with one attached hydrogen (secondary N) is 1. The zero-order chi connectivity index (χ0) is 12.3. The number of hydrogen-bond donors (Lipinski definition) is 1. The molecule has 0 aliphatic carbocycles.